The fraction of sp³-hybridized carbons (Fsp3) is 0.176. The second-order valence-corrected chi connectivity index (χ2v) is 8.20. The Balaban J connectivity index is 1.81. The normalized spacial score (nSPS) is 12.9. The van der Waals surface area contributed by atoms with Gasteiger partial charge in [-0.05, 0) is 43.7 Å². The Kier molecular flexibility index (Phi) is 5.03. The topological polar surface area (TPSA) is 85.1 Å². The molecule has 8 heteroatoms. The van der Waals surface area contributed by atoms with E-state index in [2.05, 4.69) is 30.8 Å². The van der Waals surface area contributed by atoms with Crippen LogP contribution in [-0.4, -0.2) is 18.6 Å². The summed E-state index contributed by atoms with van der Waals surface area (Å²) in [6.07, 6.45) is 0. The van der Waals surface area contributed by atoms with E-state index in [1.165, 1.54) is 12.1 Å². The highest BCUT2D eigenvalue weighted by molar-refractivity contribution is 9.10. The number of nitrogens with one attached hydrogen (secondary N) is 1. The molecule has 0 spiro atoms. The third-order valence-electron chi connectivity index (χ3n) is 3.65. The lowest BCUT2D eigenvalue weighted by atomic mass is 10.1. The molecule has 1 aromatic heterocycles. The Morgan fingerprint density at radius 2 is 1.80 bits per heavy atom. The summed E-state index contributed by atoms with van der Waals surface area (Å²) in [5.41, 5.74) is 1.86. The van der Waals surface area contributed by atoms with Gasteiger partial charge in [0.05, 0.1) is 10.9 Å². The Bertz CT molecular complexity index is 984. The molecule has 0 bridgehead atoms. The first-order valence-electron chi connectivity index (χ1n) is 7.54. The van der Waals surface area contributed by atoms with Crippen LogP contribution < -0.4 is 4.72 Å². The first-order valence-corrected chi connectivity index (χ1v) is 9.82. The lowest BCUT2D eigenvalue weighted by Crippen LogP contribution is -2.27. The highest BCUT2D eigenvalue weighted by Crippen LogP contribution is 2.23. The van der Waals surface area contributed by atoms with Gasteiger partial charge in [-0.25, -0.2) is 8.42 Å². The molecule has 0 unspecified atom stereocenters. The molecule has 0 radical (unpaired) electrons. The summed E-state index contributed by atoms with van der Waals surface area (Å²) in [5, 5.41) is 3.96. The quantitative estimate of drug-likeness (QED) is 0.675. The first kappa shape index (κ1) is 17.8. The Labute approximate surface area is 154 Å². The number of sulfonamides is 1. The van der Waals surface area contributed by atoms with Crippen molar-refractivity contribution >= 4 is 26.0 Å². The molecule has 3 aromatic rings. The van der Waals surface area contributed by atoms with E-state index in [1.54, 1.807) is 19.1 Å². The fourth-order valence-corrected chi connectivity index (χ4v) is 3.77. The molecule has 25 heavy (non-hydrogen) atoms. The summed E-state index contributed by atoms with van der Waals surface area (Å²) in [7, 11) is -3.69. The predicted octanol–water partition coefficient (Wildman–Crippen LogP) is 3.85. The van der Waals surface area contributed by atoms with Crippen LogP contribution in [0, 0.1) is 6.92 Å². The molecule has 3 rings (SSSR count). The van der Waals surface area contributed by atoms with Crippen LogP contribution in [0.4, 0.5) is 0 Å². The molecule has 0 aliphatic heterocycles. The van der Waals surface area contributed by atoms with Crippen molar-refractivity contribution in [3.8, 4) is 11.4 Å². The minimum atomic E-state index is -3.69. The van der Waals surface area contributed by atoms with Gasteiger partial charge >= 0.3 is 0 Å². The van der Waals surface area contributed by atoms with Crippen LogP contribution in [0.1, 0.15) is 24.4 Å². The molecule has 0 amide bonds. The van der Waals surface area contributed by atoms with Crippen LogP contribution >= 0.6 is 15.9 Å². The highest BCUT2D eigenvalue weighted by Gasteiger charge is 2.23. The minimum absolute atomic E-state index is 0.168. The van der Waals surface area contributed by atoms with Gasteiger partial charge in [0.15, 0.2) is 0 Å². The maximum atomic E-state index is 12.4. The summed E-state index contributed by atoms with van der Waals surface area (Å²) in [6, 6.07) is 13.4. The maximum absolute atomic E-state index is 12.4. The summed E-state index contributed by atoms with van der Waals surface area (Å²) in [5.74, 6) is 0.640. The van der Waals surface area contributed by atoms with Crippen molar-refractivity contribution in [1.29, 1.82) is 0 Å². The number of halogens is 1. The zero-order valence-electron chi connectivity index (χ0n) is 13.6. The van der Waals surface area contributed by atoms with Crippen molar-refractivity contribution in [3.63, 3.8) is 0 Å². The second-order valence-electron chi connectivity index (χ2n) is 5.57. The van der Waals surface area contributed by atoms with Crippen LogP contribution in [0.3, 0.4) is 0 Å². The van der Waals surface area contributed by atoms with E-state index in [4.69, 9.17) is 4.52 Å². The molecular formula is C17H16BrN3O3S. The van der Waals surface area contributed by atoms with Crippen LogP contribution in [0.2, 0.25) is 0 Å². The van der Waals surface area contributed by atoms with E-state index >= 15 is 0 Å². The Hall–Kier alpha value is -2.03. The lowest BCUT2D eigenvalue weighted by molar-refractivity contribution is 0.354. The standard InChI is InChI=1S/C17H16BrN3O3S/c1-11-5-3-4-6-15(11)16-19-17(24-20-16)12(2)21-25(22,23)14-9-7-13(18)8-10-14/h3-10,12,21H,1-2H3/t12-/m0/s1. The second kappa shape index (κ2) is 7.07. The van der Waals surface area contributed by atoms with Crippen molar-refractivity contribution in [2.24, 2.45) is 0 Å². The largest absolute Gasteiger partial charge is 0.337 e. The van der Waals surface area contributed by atoms with Gasteiger partial charge in [0.2, 0.25) is 21.7 Å². The van der Waals surface area contributed by atoms with Gasteiger partial charge in [-0.2, -0.15) is 9.71 Å². The molecule has 130 valence electrons. The molecule has 1 atom stereocenters. The monoisotopic (exact) mass is 421 g/mol. The van der Waals surface area contributed by atoms with Gasteiger partial charge in [-0.3, -0.25) is 0 Å². The average molecular weight is 422 g/mol. The third kappa shape index (κ3) is 3.97. The maximum Gasteiger partial charge on any atom is 0.244 e. The zero-order valence-corrected chi connectivity index (χ0v) is 16.0. The van der Waals surface area contributed by atoms with Gasteiger partial charge in [0, 0.05) is 10.0 Å². The van der Waals surface area contributed by atoms with E-state index in [-0.39, 0.29) is 10.8 Å². The zero-order chi connectivity index (χ0) is 18.0. The molecule has 6 nitrogen and oxygen atoms in total. The minimum Gasteiger partial charge on any atom is -0.337 e. The molecule has 1 N–H and O–H groups in total. The molecular weight excluding hydrogens is 406 g/mol. The van der Waals surface area contributed by atoms with Crippen molar-refractivity contribution in [3.05, 3.63) is 64.5 Å². The first-order chi connectivity index (χ1) is 11.9. The number of hydrogen-bond acceptors (Lipinski definition) is 5. The number of hydrogen-bond donors (Lipinski definition) is 1. The molecule has 0 aliphatic carbocycles. The van der Waals surface area contributed by atoms with Crippen LogP contribution in [0.5, 0.6) is 0 Å². The van der Waals surface area contributed by atoms with Gasteiger partial charge in [0.1, 0.15) is 0 Å². The number of rotatable bonds is 5. The molecule has 0 saturated heterocycles. The molecule has 0 aliphatic rings. The summed E-state index contributed by atoms with van der Waals surface area (Å²) < 4.78 is 33.5. The smallest absolute Gasteiger partial charge is 0.244 e. The SMILES string of the molecule is Cc1ccccc1-c1noc([C@H](C)NS(=O)(=O)c2ccc(Br)cc2)n1. The number of benzene rings is 2. The number of aryl methyl sites for hydroxylation is 1. The Morgan fingerprint density at radius 3 is 2.48 bits per heavy atom. The fourth-order valence-electron chi connectivity index (χ4n) is 2.31. The van der Waals surface area contributed by atoms with Crippen LogP contribution in [0.15, 0.2) is 62.4 Å². The van der Waals surface area contributed by atoms with Crippen LogP contribution in [0.25, 0.3) is 11.4 Å². The van der Waals surface area contributed by atoms with Gasteiger partial charge in [-0.15, -0.1) is 0 Å². The predicted molar refractivity (Wildman–Crippen MR) is 97.3 cm³/mol. The van der Waals surface area contributed by atoms with Crippen molar-refractivity contribution in [1.82, 2.24) is 14.9 Å². The summed E-state index contributed by atoms with van der Waals surface area (Å²) in [6.45, 7) is 3.61. The lowest BCUT2D eigenvalue weighted by Gasteiger charge is -2.10. The van der Waals surface area contributed by atoms with Gasteiger partial charge < -0.3 is 4.52 Å². The van der Waals surface area contributed by atoms with Gasteiger partial charge in [-0.1, -0.05) is 45.4 Å². The average Bonchev–Trinajstić information content (AvgIpc) is 3.05. The number of nitrogens with zero attached hydrogens (tertiary/aromatic N) is 2. The summed E-state index contributed by atoms with van der Waals surface area (Å²) >= 11 is 3.28. The van der Waals surface area contributed by atoms with E-state index in [0.717, 1.165) is 15.6 Å². The van der Waals surface area contributed by atoms with E-state index in [0.29, 0.717) is 5.82 Å². The van der Waals surface area contributed by atoms with Crippen LogP contribution in [-0.2, 0) is 10.0 Å². The molecule has 0 fully saturated rings. The van der Waals surface area contributed by atoms with E-state index in [1.807, 2.05) is 31.2 Å². The van der Waals surface area contributed by atoms with Crippen molar-refractivity contribution < 1.29 is 12.9 Å². The van der Waals surface area contributed by atoms with Crippen molar-refractivity contribution in [2.45, 2.75) is 24.8 Å². The van der Waals surface area contributed by atoms with E-state index < -0.39 is 16.1 Å². The van der Waals surface area contributed by atoms with Crippen molar-refractivity contribution in [2.75, 3.05) is 0 Å². The highest BCUT2D eigenvalue weighted by atomic mass is 79.9. The molecule has 0 saturated carbocycles. The molecule has 1 heterocycles. The third-order valence-corrected chi connectivity index (χ3v) is 5.74. The molecule has 2 aromatic carbocycles. The van der Waals surface area contributed by atoms with Gasteiger partial charge in [0.25, 0.3) is 0 Å². The Morgan fingerprint density at radius 1 is 1.12 bits per heavy atom. The number of aromatic nitrogens is 2. The summed E-state index contributed by atoms with van der Waals surface area (Å²) in [4.78, 5) is 4.49. The van der Waals surface area contributed by atoms with E-state index in [9.17, 15) is 8.42 Å².